The molecule has 0 radical (unpaired) electrons. The Bertz CT molecular complexity index is 425. The average molecular weight is 339 g/mol. The van der Waals surface area contributed by atoms with Crippen molar-refractivity contribution in [2.45, 2.75) is 44.6 Å². The SMILES string of the molecule is CC(CC(=O)NC1CCCCNC1)c1ccc(Br)cc1. The van der Waals surface area contributed by atoms with Crippen molar-refractivity contribution in [2.75, 3.05) is 13.1 Å². The highest BCUT2D eigenvalue weighted by Gasteiger charge is 2.16. The molecule has 0 spiro atoms. The van der Waals surface area contributed by atoms with Crippen LogP contribution in [0.5, 0.6) is 0 Å². The summed E-state index contributed by atoms with van der Waals surface area (Å²) in [5.74, 6) is 0.413. The Morgan fingerprint density at radius 3 is 2.90 bits per heavy atom. The molecule has 1 saturated heterocycles. The van der Waals surface area contributed by atoms with Gasteiger partial charge in [0.25, 0.3) is 0 Å². The first-order chi connectivity index (χ1) is 9.65. The summed E-state index contributed by atoms with van der Waals surface area (Å²) in [5, 5.41) is 6.53. The number of hydrogen-bond acceptors (Lipinski definition) is 2. The fourth-order valence-corrected chi connectivity index (χ4v) is 2.88. The summed E-state index contributed by atoms with van der Waals surface area (Å²) in [7, 11) is 0. The van der Waals surface area contributed by atoms with E-state index in [2.05, 4.69) is 45.6 Å². The van der Waals surface area contributed by atoms with Crippen LogP contribution in [0.3, 0.4) is 0 Å². The van der Waals surface area contributed by atoms with Gasteiger partial charge in [0.2, 0.25) is 5.91 Å². The molecule has 2 unspecified atom stereocenters. The van der Waals surface area contributed by atoms with Gasteiger partial charge in [0.05, 0.1) is 0 Å². The van der Waals surface area contributed by atoms with E-state index in [-0.39, 0.29) is 11.8 Å². The van der Waals surface area contributed by atoms with Crippen molar-refractivity contribution in [1.29, 1.82) is 0 Å². The summed E-state index contributed by atoms with van der Waals surface area (Å²) < 4.78 is 1.07. The minimum absolute atomic E-state index is 0.161. The third-order valence-corrected chi connectivity index (χ3v) is 4.37. The average Bonchev–Trinajstić information content (AvgIpc) is 2.68. The third kappa shape index (κ3) is 4.91. The van der Waals surface area contributed by atoms with Crippen LogP contribution in [0.1, 0.15) is 44.1 Å². The van der Waals surface area contributed by atoms with Crippen LogP contribution in [0.4, 0.5) is 0 Å². The Labute approximate surface area is 129 Å². The van der Waals surface area contributed by atoms with Gasteiger partial charge in [-0.25, -0.2) is 0 Å². The van der Waals surface area contributed by atoms with E-state index >= 15 is 0 Å². The van der Waals surface area contributed by atoms with E-state index in [0.29, 0.717) is 12.5 Å². The maximum Gasteiger partial charge on any atom is 0.220 e. The van der Waals surface area contributed by atoms with Crippen LogP contribution >= 0.6 is 15.9 Å². The van der Waals surface area contributed by atoms with Crippen molar-refractivity contribution >= 4 is 21.8 Å². The first-order valence-corrected chi connectivity index (χ1v) is 8.20. The molecule has 1 aliphatic rings. The molecular formula is C16H23BrN2O. The summed E-state index contributed by atoms with van der Waals surface area (Å²) in [5.41, 5.74) is 1.21. The predicted octanol–water partition coefficient (Wildman–Crippen LogP) is 3.20. The van der Waals surface area contributed by atoms with Gasteiger partial charge in [-0.3, -0.25) is 4.79 Å². The van der Waals surface area contributed by atoms with Gasteiger partial charge in [-0.1, -0.05) is 41.4 Å². The van der Waals surface area contributed by atoms with Gasteiger partial charge in [0, 0.05) is 23.5 Å². The standard InChI is InChI=1S/C16H23BrN2O/c1-12(13-5-7-14(17)8-6-13)10-16(20)19-15-4-2-3-9-18-11-15/h5-8,12,15,18H,2-4,9-11H2,1H3,(H,19,20). The van der Waals surface area contributed by atoms with E-state index in [4.69, 9.17) is 0 Å². The van der Waals surface area contributed by atoms with E-state index in [9.17, 15) is 4.79 Å². The molecule has 2 atom stereocenters. The lowest BCUT2D eigenvalue weighted by Crippen LogP contribution is -2.41. The molecule has 2 rings (SSSR count). The molecule has 1 amide bonds. The first kappa shape index (κ1) is 15.5. The van der Waals surface area contributed by atoms with Gasteiger partial charge in [-0.2, -0.15) is 0 Å². The van der Waals surface area contributed by atoms with E-state index in [0.717, 1.165) is 24.0 Å². The number of benzene rings is 1. The fraction of sp³-hybridized carbons (Fsp3) is 0.562. The molecule has 4 heteroatoms. The lowest BCUT2D eigenvalue weighted by molar-refractivity contribution is -0.122. The highest BCUT2D eigenvalue weighted by atomic mass is 79.9. The Morgan fingerprint density at radius 2 is 2.15 bits per heavy atom. The molecule has 2 N–H and O–H groups in total. The number of nitrogens with one attached hydrogen (secondary N) is 2. The van der Waals surface area contributed by atoms with Crippen LogP contribution in [-0.4, -0.2) is 25.0 Å². The van der Waals surface area contributed by atoms with E-state index in [1.54, 1.807) is 0 Å². The van der Waals surface area contributed by atoms with Crippen molar-refractivity contribution in [3.63, 3.8) is 0 Å². The second-order valence-corrected chi connectivity index (χ2v) is 6.54. The van der Waals surface area contributed by atoms with E-state index in [1.165, 1.54) is 18.4 Å². The molecule has 20 heavy (non-hydrogen) atoms. The van der Waals surface area contributed by atoms with Crippen molar-refractivity contribution in [3.8, 4) is 0 Å². The number of carbonyl (C=O) groups is 1. The van der Waals surface area contributed by atoms with Crippen LogP contribution in [0.15, 0.2) is 28.7 Å². The molecule has 1 aromatic rings. The molecule has 0 bridgehead atoms. The molecule has 0 saturated carbocycles. The topological polar surface area (TPSA) is 41.1 Å². The molecular weight excluding hydrogens is 316 g/mol. The summed E-state index contributed by atoms with van der Waals surface area (Å²) in [6.07, 6.45) is 4.05. The molecule has 3 nitrogen and oxygen atoms in total. The maximum atomic E-state index is 12.1. The van der Waals surface area contributed by atoms with Crippen LogP contribution in [0, 0.1) is 0 Å². The van der Waals surface area contributed by atoms with Gasteiger partial charge < -0.3 is 10.6 Å². The lowest BCUT2D eigenvalue weighted by Gasteiger charge is -2.18. The molecule has 1 aliphatic heterocycles. The fourth-order valence-electron chi connectivity index (χ4n) is 2.62. The molecule has 1 heterocycles. The number of amides is 1. The van der Waals surface area contributed by atoms with Crippen LogP contribution in [0.25, 0.3) is 0 Å². The number of rotatable bonds is 4. The highest BCUT2D eigenvalue weighted by Crippen LogP contribution is 2.21. The summed E-state index contributed by atoms with van der Waals surface area (Å²) in [6, 6.07) is 8.50. The van der Waals surface area contributed by atoms with Gasteiger partial charge in [0.1, 0.15) is 0 Å². The van der Waals surface area contributed by atoms with Gasteiger partial charge in [0.15, 0.2) is 0 Å². The molecule has 1 aromatic carbocycles. The Balaban J connectivity index is 1.82. The van der Waals surface area contributed by atoms with E-state index in [1.807, 2.05) is 12.1 Å². The number of carbonyl (C=O) groups excluding carboxylic acids is 1. The zero-order valence-electron chi connectivity index (χ0n) is 12.0. The van der Waals surface area contributed by atoms with Gasteiger partial charge in [-0.05, 0) is 43.0 Å². The second-order valence-electron chi connectivity index (χ2n) is 5.62. The Morgan fingerprint density at radius 1 is 1.40 bits per heavy atom. The summed E-state index contributed by atoms with van der Waals surface area (Å²) >= 11 is 3.43. The third-order valence-electron chi connectivity index (χ3n) is 3.84. The maximum absolute atomic E-state index is 12.1. The summed E-state index contributed by atoms with van der Waals surface area (Å²) in [6.45, 7) is 4.08. The van der Waals surface area contributed by atoms with Crippen molar-refractivity contribution < 1.29 is 4.79 Å². The van der Waals surface area contributed by atoms with Gasteiger partial charge in [-0.15, -0.1) is 0 Å². The number of hydrogen-bond donors (Lipinski definition) is 2. The van der Waals surface area contributed by atoms with Crippen LogP contribution < -0.4 is 10.6 Å². The van der Waals surface area contributed by atoms with Crippen molar-refractivity contribution in [3.05, 3.63) is 34.3 Å². The zero-order valence-corrected chi connectivity index (χ0v) is 13.6. The quantitative estimate of drug-likeness (QED) is 0.885. The van der Waals surface area contributed by atoms with Crippen molar-refractivity contribution in [2.24, 2.45) is 0 Å². The molecule has 0 aromatic heterocycles. The highest BCUT2D eigenvalue weighted by molar-refractivity contribution is 9.10. The first-order valence-electron chi connectivity index (χ1n) is 7.40. The number of halogens is 1. The lowest BCUT2D eigenvalue weighted by atomic mass is 9.97. The second kappa shape index (κ2) is 7.79. The predicted molar refractivity (Wildman–Crippen MR) is 85.8 cm³/mol. The van der Waals surface area contributed by atoms with Crippen molar-refractivity contribution in [1.82, 2.24) is 10.6 Å². The van der Waals surface area contributed by atoms with Crippen LogP contribution in [0.2, 0.25) is 0 Å². The smallest absolute Gasteiger partial charge is 0.220 e. The molecule has 0 aliphatic carbocycles. The largest absolute Gasteiger partial charge is 0.352 e. The summed E-state index contributed by atoms with van der Waals surface area (Å²) in [4.78, 5) is 12.1. The van der Waals surface area contributed by atoms with Gasteiger partial charge >= 0.3 is 0 Å². The minimum atomic E-state index is 0.161. The minimum Gasteiger partial charge on any atom is -0.352 e. The molecule has 1 fully saturated rings. The Kier molecular flexibility index (Phi) is 6.05. The normalized spacial score (nSPS) is 21.0. The Hall–Kier alpha value is -0.870. The monoisotopic (exact) mass is 338 g/mol. The van der Waals surface area contributed by atoms with E-state index < -0.39 is 0 Å². The zero-order chi connectivity index (χ0) is 14.4. The molecule has 110 valence electrons. The van der Waals surface area contributed by atoms with Crippen LogP contribution in [-0.2, 0) is 4.79 Å².